The molecular formula is C17H20ClNO3. The van der Waals surface area contributed by atoms with Gasteiger partial charge in [-0.25, -0.2) is 0 Å². The molecule has 0 bridgehead atoms. The molecule has 0 radical (unpaired) electrons. The summed E-state index contributed by atoms with van der Waals surface area (Å²) in [6.45, 7) is 2.56. The molecule has 2 rings (SSSR count). The van der Waals surface area contributed by atoms with E-state index in [4.69, 9.17) is 21.1 Å². The highest BCUT2D eigenvalue weighted by atomic mass is 35.5. The Morgan fingerprint density at radius 1 is 1.18 bits per heavy atom. The molecule has 0 aliphatic carbocycles. The van der Waals surface area contributed by atoms with E-state index in [1.165, 1.54) is 0 Å². The van der Waals surface area contributed by atoms with Crippen molar-refractivity contribution in [2.45, 2.75) is 13.0 Å². The van der Waals surface area contributed by atoms with Gasteiger partial charge in [0.05, 0.1) is 7.11 Å². The van der Waals surface area contributed by atoms with Gasteiger partial charge in [-0.2, -0.15) is 0 Å². The number of aliphatic hydroxyl groups is 1. The lowest BCUT2D eigenvalue weighted by Crippen LogP contribution is -2.26. The Kier molecular flexibility index (Phi) is 5.92. The first-order valence-corrected chi connectivity index (χ1v) is 7.41. The highest BCUT2D eigenvalue weighted by molar-refractivity contribution is 6.30. The van der Waals surface area contributed by atoms with Crippen LogP contribution in [-0.2, 0) is 0 Å². The fourth-order valence-electron chi connectivity index (χ4n) is 1.96. The molecule has 2 aromatic rings. The minimum Gasteiger partial charge on any atom is -0.497 e. The molecule has 0 amide bonds. The van der Waals surface area contributed by atoms with Crippen LogP contribution in [0.3, 0.4) is 0 Å². The molecular weight excluding hydrogens is 302 g/mol. The number of halogens is 1. The topological polar surface area (TPSA) is 50.7 Å². The average molecular weight is 322 g/mol. The largest absolute Gasteiger partial charge is 0.497 e. The van der Waals surface area contributed by atoms with Crippen molar-refractivity contribution in [2.24, 2.45) is 0 Å². The molecule has 0 aromatic heterocycles. The van der Waals surface area contributed by atoms with E-state index in [2.05, 4.69) is 5.32 Å². The van der Waals surface area contributed by atoms with Crippen molar-refractivity contribution >= 4 is 17.3 Å². The van der Waals surface area contributed by atoms with Crippen LogP contribution in [0.4, 0.5) is 5.69 Å². The van der Waals surface area contributed by atoms with Crippen LogP contribution in [0.25, 0.3) is 0 Å². The van der Waals surface area contributed by atoms with Gasteiger partial charge in [0.1, 0.15) is 24.2 Å². The molecule has 0 aliphatic heterocycles. The van der Waals surface area contributed by atoms with E-state index in [0.717, 1.165) is 22.7 Å². The van der Waals surface area contributed by atoms with Gasteiger partial charge < -0.3 is 19.9 Å². The van der Waals surface area contributed by atoms with Gasteiger partial charge >= 0.3 is 0 Å². The monoisotopic (exact) mass is 321 g/mol. The summed E-state index contributed by atoms with van der Waals surface area (Å²) in [6, 6.07) is 12.9. The molecule has 118 valence electrons. The number of ether oxygens (including phenoxy) is 2. The fraction of sp³-hybridized carbons (Fsp3) is 0.294. The molecule has 5 heteroatoms. The number of aliphatic hydroxyl groups excluding tert-OH is 1. The lowest BCUT2D eigenvalue weighted by Gasteiger charge is -2.15. The number of aryl methyl sites for hydroxylation is 1. The van der Waals surface area contributed by atoms with Gasteiger partial charge in [-0.05, 0) is 55.0 Å². The summed E-state index contributed by atoms with van der Waals surface area (Å²) in [5.41, 5.74) is 1.88. The van der Waals surface area contributed by atoms with Gasteiger partial charge in [0, 0.05) is 17.3 Å². The van der Waals surface area contributed by atoms with Crippen molar-refractivity contribution in [2.75, 3.05) is 25.6 Å². The van der Waals surface area contributed by atoms with Crippen LogP contribution in [0.15, 0.2) is 42.5 Å². The van der Waals surface area contributed by atoms with Crippen molar-refractivity contribution in [3.8, 4) is 11.5 Å². The molecule has 0 spiro atoms. The zero-order valence-corrected chi connectivity index (χ0v) is 13.4. The van der Waals surface area contributed by atoms with Gasteiger partial charge in [0.15, 0.2) is 0 Å². The number of benzene rings is 2. The van der Waals surface area contributed by atoms with Crippen molar-refractivity contribution in [1.29, 1.82) is 0 Å². The minimum atomic E-state index is -0.614. The second-order valence-corrected chi connectivity index (χ2v) is 5.42. The lowest BCUT2D eigenvalue weighted by molar-refractivity contribution is 0.117. The van der Waals surface area contributed by atoms with E-state index in [9.17, 15) is 5.11 Å². The Labute approximate surface area is 135 Å². The van der Waals surface area contributed by atoms with Gasteiger partial charge in [0.25, 0.3) is 0 Å². The summed E-state index contributed by atoms with van der Waals surface area (Å²) in [6.07, 6.45) is -0.614. The normalized spacial score (nSPS) is 11.8. The molecule has 0 heterocycles. The number of rotatable bonds is 7. The van der Waals surface area contributed by atoms with Crippen LogP contribution in [0.1, 0.15) is 5.56 Å². The SMILES string of the molecule is COc1ccc(OCC(O)CNc2ccc(Cl)cc2)c(C)c1. The molecule has 1 atom stereocenters. The van der Waals surface area contributed by atoms with E-state index >= 15 is 0 Å². The lowest BCUT2D eigenvalue weighted by atomic mass is 10.2. The molecule has 2 N–H and O–H groups in total. The third-order valence-corrected chi connectivity index (χ3v) is 3.45. The first-order valence-electron chi connectivity index (χ1n) is 7.03. The Morgan fingerprint density at radius 3 is 2.55 bits per heavy atom. The molecule has 0 aliphatic rings. The standard InChI is InChI=1S/C17H20ClNO3/c1-12-9-16(21-2)7-8-17(12)22-11-15(20)10-19-14-5-3-13(18)4-6-14/h3-9,15,19-20H,10-11H2,1-2H3. The molecule has 0 saturated heterocycles. The summed E-state index contributed by atoms with van der Waals surface area (Å²) >= 11 is 5.82. The summed E-state index contributed by atoms with van der Waals surface area (Å²) in [4.78, 5) is 0. The molecule has 0 fully saturated rings. The second-order valence-electron chi connectivity index (χ2n) is 4.98. The maximum absolute atomic E-state index is 9.98. The Balaban J connectivity index is 1.80. The molecule has 1 unspecified atom stereocenters. The third kappa shape index (κ3) is 4.83. The molecule has 2 aromatic carbocycles. The quantitative estimate of drug-likeness (QED) is 0.819. The van der Waals surface area contributed by atoms with Crippen LogP contribution in [-0.4, -0.2) is 31.5 Å². The minimum absolute atomic E-state index is 0.216. The van der Waals surface area contributed by atoms with E-state index in [1.54, 1.807) is 19.2 Å². The van der Waals surface area contributed by atoms with Gasteiger partial charge in [-0.1, -0.05) is 11.6 Å². The second kappa shape index (κ2) is 7.92. The number of hydrogen-bond acceptors (Lipinski definition) is 4. The zero-order valence-electron chi connectivity index (χ0n) is 12.7. The van der Waals surface area contributed by atoms with Crippen molar-refractivity contribution in [3.63, 3.8) is 0 Å². The predicted molar refractivity (Wildman–Crippen MR) is 89.2 cm³/mol. The zero-order chi connectivity index (χ0) is 15.9. The van der Waals surface area contributed by atoms with Gasteiger partial charge in [-0.15, -0.1) is 0 Å². The van der Waals surface area contributed by atoms with Crippen molar-refractivity contribution < 1.29 is 14.6 Å². The van der Waals surface area contributed by atoms with E-state index in [0.29, 0.717) is 11.6 Å². The van der Waals surface area contributed by atoms with Gasteiger partial charge in [-0.3, -0.25) is 0 Å². The highest BCUT2D eigenvalue weighted by Crippen LogP contribution is 2.23. The third-order valence-electron chi connectivity index (χ3n) is 3.20. The molecule has 4 nitrogen and oxygen atoms in total. The summed E-state index contributed by atoms with van der Waals surface area (Å²) in [5.74, 6) is 1.53. The van der Waals surface area contributed by atoms with Crippen molar-refractivity contribution in [3.05, 3.63) is 53.1 Å². The van der Waals surface area contributed by atoms with Crippen LogP contribution >= 0.6 is 11.6 Å². The molecule has 22 heavy (non-hydrogen) atoms. The highest BCUT2D eigenvalue weighted by Gasteiger charge is 2.07. The Hall–Kier alpha value is -1.91. The fourth-order valence-corrected chi connectivity index (χ4v) is 2.09. The first kappa shape index (κ1) is 16.5. The van der Waals surface area contributed by atoms with Crippen LogP contribution in [0.5, 0.6) is 11.5 Å². The average Bonchev–Trinajstić information content (AvgIpc) is 2.53. The number of nitrogens with one attached hydrogen (secondary N) is 1. The van der Waals surface area contributed by atoms with E-state index in [1.807, 2.05) is 37.3 Å². The van der Waals surface area contributed by atoms with E-state index in [-0.39, 0.29) is 6.61 Å². The Bertz CT molecular complexity index is 601. The van der Waals surface area contributed by atoms with E-state index < -0.39 is 6.10 Å². The van der Waals surface area contributed by atoms with Crippen LogP contribution < -0.4 is 14.8 Å². The van der Waals surface area contributed by atoms with Crippen LogP contribution in [0.2, 0.25) is 5.02 Å². The summed E-state index contributed by atoms with van der Waals surface area (Å²) in [7, 11) is 1.63. The number of anilines is 1. The Morgan fingerprint density at radius 2 is 1.91 bits per heavy atom. The summed E-state index contributed by atoms with van der Waals surface area (Å²) in [5, 5.41) is 13.8. The maximum atomic E-state index is 9.98. The van der Waals surface area contributed by atoms with Crippen LogP contribution in [0, 0.1) is 6.92 Å². The number of methoxy groups -OCH3 is 1. The molecule has 0 saturated carbocycles. The first-order chi connectivity index (χ1) is 10.6. The smallest absolute Gasteiger partial charge is 0.122 e. The summed E-state index contributed by atoms with van der Waals surface area (Å²) < 4.78 is 10.8. The van der Waals surface area contributed by atoms with Gasteiger partial charge in [0.2, 0.25) is 0 Å². The number of hydrogen-bond donors (Lipinski definition) is 2. The van der Waals surface area contributed by atoms with Crippen molar-refractivity contribution in [1.82, 2.24) is 0 Å². The predicted octanol–water partition coefficient (Wildman–Crippen LogP) is 3.51. The maximum Gasteiger partial charge on any atom is 0.122 e.